The van der Waals surface area contributed by atoms with E-state index in [0.29, 0.717) is 23.3 Å². The van der Waals surface area contributed by atoms with Gasteiger partial charge in [-0.25, -0.2) is 13.2 Å². The van der Waals surface area contributed by atoms with Crippen LogP contribution < -0.4 is 0 Å². The summed E-state index contributed by atoms with van der Waals surface area (Å²) in [7, 11) is -2.13. The Morgan fingerprint density at radius 1 is 1.35 bits per heavy atom. The number of esters is 1. The Bertz CT molecular complexity index is 732. The number of hydrogen-bond acceptors (Lipinski definition) is 5. The minimum atomic E-state index is -3.37. The zero-order valence-electron chi connectivity index (χ0n) is 10.8. The van der Waals surface area contributed by atoms with Crippen LogP contribution in [0.15, 0.2) is 33.6 Å². The number of furan rings is 1. The summed E-state index contributed by atoms with van der Waals surface area (Å²) < 4.78 is 33.9. The van der Waals surface area contributed by atoms with Crippen molar-refractivity contribution in [2.24, 2.45) is 0 Å². The molecule has 0 fully saturated rings. The van der Waals surface area contributed by atoms with Crippen molar-refractivity contribution in [1.29, 1.82) is 0 Å². The molecular weight excluding hydrogens is 304 g/mol. The lowest BCUT2D eigenvalue weighted by molar-refractivity contribution is 0.0567. The third-order valence-corrected chi connectivity index (χ3v) is 4.85. The van der Waals surface area contributed by atoms with E-state index in [4.69, 9.17) is 16.0 Å². The van der Waals surface area contributed by atoms with Gasteiger partial charge in [0.2, 0.25) is 5.76 Å². The average Bonchev–Trinajstić information content (AvgIpc) is 2.87. The maximum absolute atomic E-state index is 12.1. The maximum atomic E-state index is 12.1. The second-order valence-electron chi connectivity index (χ2n) is 4.16. The molecule has 1 aromatic carbocycles. The highest BCUT2D eigenvalue weighted by molar-refractivity contribution is 7.91. The lowest BCUT2D eigenvalue weighted by Gasteiger charge is -2.02. The third kappa shape index (κ3) is 2.96. The monoisotopic (exact) mass is 316 g/mol. The first-order valence-corrected chi connectivity index (χ1v) is 8.07. The largest absolute Gasteiger partial charge is 0.463 e. The van der Waals surface area contributed by atoms with Crippen molar-refractivity contribution < 1.29 is 22.4 Å². The van der Waals surface area contributed by atoms with Gasteiger partial charge in [-0.2, -0.15) is 0 Å². The van der Waals surface area contributed by atoms with Crippen molar-refractivity contribution in [2.75, 3.05) is 18.7 Å². The van der Waals surface area contributed by atoms with Gasteiger partial charge in [0.25, 0.3) is 0 Å². The van der Waals surface area contributed by atoms with Gasteiger partial charge in [0.15, 0.2) is 9.84 Å². The minimum Gasteiger partial charge on any atom is -0.463 e. The van der Waals surface area contributed by atoms with Crippen LogP contribution in [0.2, 0.25) is 0 Å². The van der Waals surface area contributed by atoms with E-state index >= 15 is 0 Å². The molecule has 20 heavy (non-hydrogen) atoms. The summed E-state index contributed by atoms with van der Waals surface area (Å²) in [5, 5.41) is 0.539. The maximum Gasteiger partial charge on any atom is 0.373 e. The van der Waals surface area contributed by atoms with Crippen LogP contribution in [0, 0.1) is 0 Å². The lowest BCUT2D eigenvalue weighted by Crippen LogP contribution is -2.07. The smallest absolute Gasteiger partial charge is 0.373 e. The number of carbonyl (C=O) groups is 1. The van der Waals surface area contributed by atoms with Crippen LogP contribution in [0.3, 0.4) is 0 Å². The van der Waals surface area contributed by atoms with Crippen molar-refractivity contribution in [3.8, 4) is 0 Å². The highest BCUT2D eigenvalue weighted by Crippen LogP contribution is 2.24. The number of ether oxygens (including phenoxy) is 1. The fraction of sp³-hybridized carbons (Fsp3) is 0.308. The molecule has 0 radical (unpaired) electrons. The molecule has 0 aliphatic rings. The van der Waals surface area contributed by atoms with E-state index in [1.54, 1.807) is 0 Å². The zero-order chi connectivity index (χ0) is 14.8. The van der Waals surface area contributed by atoms with Crippen molar-refractivity contribution in [2.45, 2.75) is 11.3 Å². The molecule has 0 aliphatic carbocycles. The Morgan fingerprint density at radius 2 is 2.10 bits per heavy atom. The quantitative estimate of drug-likeness (QED) is 0.626. The van der Waals surface area contributed by atoms with Gasteiger partial charge < -0.3 is 9.15 Å². The van der Waals surface area contributed by atoms with E-state index < -0.39 is 15.8 Å². The van der Waals surface area contributed by atoms with Gasteiger partial charge in [-0.15, -0.1) is 11.6 Å². The van der Waals surface area contributed by atoms with E-state index in [1.807, 2.05) is 0 Å². The van der Waals surface area contributed by atoms with Crippen molar-refractivity contribution in [3.63, 3.8) is 0 Å². The number of fused-ring (bicyclic) bond motifs is 1. The standard InChI is InChI=1S/C13H13ClO5S/c1-18-13(15)12-8-9-7-10(3-4-11(9)19-12)20(16,17)6-2-5-14/h3-4,7-8H,2,5-6H2,1H3. The van der Waals surface area contributed by atoms with Gasteiger partial charge in [0, 0.05) is 11.3 Å². The molecule has 7 heteroatoms. The number of alkyl halides is 1. The zero-order valence-corrected chi connectivity index (χ0v) is 12.3. The summed E-state index contributed by atoms with van der Waals surface area (Å²) in [6.07, 6.45) is 0.390. The van der Waals surface area contributed by atoms with Gasteiger partial charge in [-0.3, -0.25) is 0 Å². The summed E-state index contributed by atoms with van der Waals surface area (Å²) in [5.74, 6) is -0.283. The molecule has 0 saturated carbocycles. The van der Waals surface area contributed by atoms with Crippen molar-refractivity contribution in [3.05, 3.63) is 30.0 Å². The summed E-state index contributed by atoms with van der Waals surface area (Å²) in [6.45, 7) is 0. The Balaban J connectivity index is 2.41. The average molecular weight is 317 g/mol. The van der Waals surface area contributed by atoms with Gasteiger partial charge in [-0.1, -0.05) is 0 Å². The molecule has 1 heterocycles. The van der Waals surface area contributed by atoms with E-state index in [2.05, 4.69) is 4.74 Å². The molecule has 0 aliphatic heterocycles. The fourth-order valence-corrected chi connectivity index (χ4v) is 3.41. The number of rotatable bonds is 5. The minimum absolute atomic E-state index is 0.0102. The predicted octanol–water partition coefficient (Wildman–Crippen LogP) is 2.62. The molecular formula is C13H13ClO5S. The van der Waals surface area contributed by atoms with Crippen molar-refractivity contribution >= 4 is 38.4 Å². The number of halogens is 1. The van der Waals surface area contributed by atoms with Crippen LogP contribution >= 0.6 is 11.6 Å². The van der Waals surface area contributed by atoms with Crippen LogP contribution in [0.1, 0.15) is 17.0 Å². The van der Waals surface area contributed by atoms with Crippen LogP contribution in [-0.4, -0.2) is 33.1 Å². The second kappa shape index (κ2) is 5.85. The summed E-state index contributed by atoms with van der Waals surface area (Å²) in [5.41, 5.74) is 0.432. The topological polar surface area (TPSA) is 73.6 Å². The van der Waals surface area contributed by atoms with E-state index in [0.717, 1.165) is 0 Å². The molecule has 5 nitrogen and oxygen atoms in total. The van der Waals surface area contributed by atoms with Crippen LogP contribution in [0.25, 0.3) is 11.0 Å². The van der Waals surface area contributed by atoms with Crippen LogP contribution in [0.5, 0.6) is 0 Å². The molecule has 0 amide bonds. The van der Waals surface area contributed by atoms with E-state index in [1.165, 1.54) is 31.4 Å². The van der Waals surface area contributed by atoms with Gasteiger partial charge in [0.05, 0.1) is 17.8 Å². The molecule has 0 bridgehead atoms. The molecule has 0 N–H and O–H groups in total. The summed E-state index contributed by atoms with van der Waals surface area (Å²) in [4.78, 5) is 11.5. The number of hydrogen-bond donors (Lipinski definition) is 0. The van der Waals surface area contributed by atoms with Crippen LogP contribution in [-0.2, 0) is 14.6 Å². The molecule has 0 spiro atoms. The van der Waals surface area contributed by atoms with Gasteiger partial charge in [0.1, 0.15) is 5.58 Å². The molecule has 108 valence electrons. The summed E-state index contributed by atoms with van der Waals surface area (Å²) >= 11 is 5.51. The second-order valence-corrected chi connectivity index (χ2v) is 6.65. The number of carbonyl (C=O) groups excluding carboxylic acids is 1. The number of benzene rings is 1. The van der Waals surface area contributed by atoms with E-state index in [9.17, 15) is 13.2 Å². The molecule has 0 atom stereocenters. The molecule has 0 saturated heterocycles. The van der Waals surface area contributed by atoms with Gasteiger partial charge >= 0.3 is 5.97 Å². The Labute approximate surface area is 121 Å². The highest BCUT2D eigenvalue weighted by atomic mass is 35.5. The highest BCUT2D eigenvalue weighted by Gasteiger charge is 2.17. The lowest BCUT2D eigenvalue weighted by atomic mass is 10.2. The molecule has 2 aromatic rings. The Kier molecular flexibility index (Phi) is 4.35. The first-order chi connectivity index (χ1) is 9.47. The predicted molar refractivity (Wildman–Crippen MR) is 74.9 cm³/mol. The number of sulfone groups is 1. The van der Waals surface area contributed by atoms with Crippen molar-refractivity contribution in [1.82, 2.24) is 0 Å². The Morgan fingerprint density at radius 3 is 2.75 bits per heavy atom. The van der Waals surface area contributed by atoms with Crippen LogP contribution in [0.4, 0.5) is 0 Å². The fourth-order valence-electron chi connectivity index (χ4n) is 1.78. The van der Waals surface area contributed by atoms with Gasteiger partial charge in [-0.05, 0) is 30.7 Å². The first kappa shape index (κ1) is 14.9. The first-order valence-electron chi connectivity index (χ1n) is 5.88. The Hall–Kier alpha value is -1.53. The third-order valence-electron chi connectivity index (χ3n) is 2.78. The molecule has 1 aromatic heterocycles. The molecule has 0 unspecified atom stereocenters. The molecule has 2 rings (SSSR count). The number of methoxy groups -OCH3 is 1. The SMILES string of the molecule is COC(=O)c1cc2cc(S(=O)(=O)CCCCl)ccc2o1. The van der Waals surface area contributed by atoms with E-state index in [-0.39, 0.29) is 16.4 Å². The normalized spacial score (nSPS) is 11.7. The summed E-state index contributed by atoms with van der Waals surface area (Å²) in [6, 6.07) is 5.92.